The topological polar surface area (TPSA) is 124 Å². The van der Waals surface area contributed by atoms with Gasteiger partial charge in [0.1, 0.15) is 6.10 Å². The summed E-state index contributed by atoms with van der Waals surface area (Å²) in [6, 6.07) is -1.15. The van der Waals surface area contributed by atoms with Crippen LogP contribution in [0.1, 0.15) is 264 Å². The van der Waals surface area contributed by atoms with E-state index in [1.807, 2.05) is 0 Å². The Morgan fingerprint density at radius 1 is 0.466 bits per heavy atom. The van der Waals surface area contributed by atoms with Gasteiger partial charge in [-0.2, -0.15) is 8.42 Å². The van der Waals surface area contributed by atoms with Gasteiger partial charge in [-0.3, -0.25) is 9.35 Å². The van der Waals surface area contributed by atoms with Crippen molar-refractivity contribution in [3.05, 3.63) is 24.3 Å². The number of carbonyl (C=O) groups is 1. The van der Waals surface area contributed by atoms with Crippen LogP contribution in [0.2, 0.25) is 0 Å². The standard InChI is InChI=1S/C50H97NO6S/c1-3-5-7-9-11-13-15-17-19-21-23-24-25-27-29-31-33-35-37-39-41-43-45-49(53)50(54)51-47(46-58(55,56)57)48(52)44-42-40-38-36-34-32-30-28-26-22-20-18-16-14-12-10-8-6-4-2/h23-24,27,29,47-49,52-53H,3-22,25-26,28,30-46H2,1-2H3,(H,51,54)(H,55,56,57)/b24-23-,29-27-. The summed E-state index contributed by atoms with van der Waals surface area (Å²) < 4.78 is 32.8. The molecule has 0 aromatic rings. The van der Waals surface area contributed by atoms with Gasteiger partial charge < -0.3 is 15.5 Å². The van der Waals surface area contributed by atoms with Crippen LogP contribution in [-0.4, -0.2) is 53.1 Å². The molecule has 0 saturated heterocycles. The van der Waals surface area contributed by atoms with Crippen molar-refractivity contribution >= 4 is 16.0 Å². The van der Waals surface area contributed by atoms with Crippen molar-refractivity contribution in [3.63, 3.8) is 0 Å². The predicted octanol–water partition coefficient (Wildman–Crippen LogP) is 14.4. The summed E-state index contributed by atoms with van der Waals surface area (Å²) in [4.78, 5) is 12.7. The van der Waals surface area contributed by atoms with Gasteiger partial charge in [0.25, 0.3) is 10.1 Å². The second-order valence-electron chi connectivity index (χ2n) is 17.6. The highest BCUT2D eigenvalue weighted by molar-refractivity contribution is 7.85. The zero-order chi connectivity index (χ0) is 42.6. The van der Waals surface area contributed by atoms with E-state index in [0.717, 1.165) is 57.8 Å². The lowest BCUT2D eigenvalue weighted by Crippen LogP contribution is -2.50. The molecule has 3 unspecified atom stereocenters. The van der Waals surface area contributed by atoms with E-state index in [4.69, 9.17) is 0 Å². The molecular formula is C50H97NO6S. The lowest BCUT2D eigenvalue weighted by Gasteiger charge is -2.24. The molecule has 3 atom stereocenters. The second-order valence-corrected chi connectivity index (χ2v) is 19.1. The number of aliphatic hydroxyl groups excluding tert-OH is 2. The fourth-order valence-electron chi connectivity index (χ4n) is 7.91. The molecule has 0 bridgehead atoms. The Morgan fingerprint density at radius 3 is 1.12 bits per heavy atom. The first-order valence-electron chi connectivity index (χ1n) is 25.1. The minimum absolute atomic E-state index is 0.287. The van der Waals surface area contributed by atoms with E-state index in [9.17, 15) is 28.0 Å². The number of nitrogens with one attached hydrogen (secondary N) is 1. The molecule has 0 heterocycles. The molecule has 4 N–H and O–H groups in total. The van der Waals surface area contributed by atoms with E-state index in [-0.39, 0.29) is 6.42 Å². The molecule has 0 aliphatic carbocycles. The summed E-state index contributed by atoms with van der Waals surface area (Å²) in [6.45, 7) is 4.54. The molecular weight excluding hydrogens is 743 g/mol. The molecule has 0 rings (SSSR count). The minimum Gasteiger partial charge on any atom is -0.391 e. The average Bonchev–Trinajstić information content (AvgIpc) is 3.19. The van der Waals surface area contributed by atoms with Crippen molar-refractivity contribution < 1.29 is 28.0 Å². The van der Waals surface area contributed by atoms with Gasteiger partial charge in [-0.05, 0) is 44.9 Å². The maximum atomic E-state index is 12.7. The number of hydrogen-bond donors (Lipinski definition) is 4. The van der Waals surface area contributed by atoms with Crippen molar-refractivity contribution in [2.45, 2.75) is 283 Å². The highest BCUT2D eigenvalue weighted by Gasteiger charge is 2.28. The fraction of sp³-hybridized carbons (Fsp3) is 0.900. The number of rotatable bonds is 46. The third-order valence-electron chi connectivity index (χ3n) is 11.8. The molecule has 0 aliphatic rings. The summed E-state index contributed by atoms with van der Waals surface area (Å²) >= 11 is 0. The molecule has 58 heavy (non-hydrogen) atoms. The number of aliphatic hydroxyl groups is 2. The molecule has 0 radical (unpaired) electrons. The molecule has 8 heteroatoms. The zero-order valence-corrected chi connectivity index (χ0v) is 39.1. The highest BCUT2D eigenvalue weighted by atomic mass is 32.2. The number of unbranched alkanes of at least 4 members (excludes halogenated alkanes) is 33. The first-order valence-corrected chi connectivity index (χ1v) is 26.7. The first-order chi connectivity index (χ1) is 28.2. The molecule has 0 aromatic heterocycles. The van der Waals surface area contributed by atoms with Crippen LogP contribution in [0.4, 0.5) is 0 Å². The van der Waals surface area contributed by atoms with E-state index in [1.54, 1.807) is 0 Å². The van der Waals surface area contributed by atoms with Gasteiger partial charge in [-0.25, -0.2) is 0 Å². The first kappa shape index (κ1) is 56.8. The van der Waals surface area contributed by atoms with Crippen LogP contribution in [0.15, 0.2) is 24.3 Å². The highest BCUT2D eigenvalue weighted by Crippen LogP contribution is 2.17. The molecule has 0 spiro atoms. The van der Waals surface area contributed by atoms with Crippen LogP contribution < -0.4 is 5.32 Å². The quantitative estimate of drug-likeness (QED) is 0.0275. The largest absolute Gasteiger partial charge is 0.391 e. The van der Waals surface area contributed by atoms with Crippen LogP contribution >= 0.6 is 0 Å². The van der Waals surface area contributed by atoms with Crippen LogP contribution in [0, 0.1) is 0 Å². The van der Waals surface area contributed by atoms with Gasteiger partial charge in [0.05, 0.1) is 17.9 Å². The molecule has 7 nitrogen and oxygen atoms in total. The lowest BCUT2D eigenvalue weighted by molar-refractivity contribution is -0.131. The Balaban J connectivity index is 3.88. The van der Waals surface area contributed by atoms with Crippen molar-refractivity contribution in [2.24, 2.45) is 0 Å². The third kappa shape index (κ3) is 42.9. The number of carbonyl (C=O) groups excluding carboxylic acids is 1. The fourth-order valence-corrected chi connectivity index (χ4v) is 8.66. The van der Waals surface area contributed by atoms with Crippen molar-refractivity contribution in [2.75, 3.05) is 5.75 Å². The van der Waals surface area contributed by atoms with E-state index in [1.165, 1.54) is 167 Å². The average molecular weight is 840 g/mol. The third-order valence-corrected chi connectivity index (χ3v) is 12.5. The van der Waals surface area contributed by atoms with Gasteiger partial charge in [0, 0.05) is 0 Å². The van der Waals surface area contributed by atoms with Gasteiger partial charge in [-0.15, -0.1) is 0 Å². The Kier molecular flexibility index (Phi) is 42.9. The molecule has 344 valence electrons. The van der Waals surface area contributed by atoms with Gasteiger partial charge in [-0.1, -0.05) is 244 Å². The smallest absolute Gasteiger partial charge is 0.266 e. The van der Waals surface area contributed by atoms with E-state index in [2.05, 4.69) is 43.5 Å². The lowest BCUT2D eigenvalue weighted by atomic mass is 10.0. The molecule has 0 aromatic carbocycles. The molecule has 0 fully saturated rings. The van der Waals surface area contributed by atoms with Gasteiger partial charge in [0.2, 0.25) is 5.91 Å². The van der Waals surface area contributed by atoms with E-state index < -0.39 is 40.0 Å². The van der Waals surface area contributed by atoms with E-state index in [0.29, 0.717) is 19.3 Å². The molecule has 0 saturated carbocycles. The SMILES string of the molecule is CCCCCCCCCCC/C=C\C/C=C\CCCCCCCCC(O)C(=O)NC(CS(=O)(=O)O)C(O)CCCCCCCCCCCCCCCCCCCCC. The summed E-state index contributed by atoms with van der Waals surface area (Å²) in [5.74, 6) is -1.46. The van der Waals surface area contributed by atoms with Crippen LogP contribution in [0.25, 0.3) is 0 Å². The summed E-state index contributed by atoms with van der Waals surface area (Å²) in [6.07, 6.45) is 53.4. The Morgan fingerprint density at radius 2 is 0.776 bits per heavy atom. The Bertz CT molecular complexity index is 1030. The van der Waals surface area contributed by atoms with E-state index >= 15 is 0 Å². The molecule has 1 amide bonds. The minimum atomic E-state index is -4.42. The van der Waals surface area contributed by atoms with Crippen molar-refractivity contribution in [3.8, 4) is 0 Å². The maximum Gasteiger partial charge on any atom is 0.266 e. The second kappa shape index (κ2) is 43.9. The number of amides is 1. The van der Waals surface area contributed by atoms with Crippen molar-refractivity contribution in [1.29, 1.82) is 0 Å². The monoisotopic (exact) mass is 840 g/mol. The summed E-state index contributed by atoms with van der Waals surface area (Å²) in [7, 11) is -4.42. The predicted molar refractivity (Wildman–Crippen MR) is 250 cm³/mol. The molecule has 0 aliphatic heterocycles. The Hall–Kier alpha value is -1.22. The van der Waals surface area contributed by atoms with Crippen molar-refractivity contribution in [1.82, 2.24) is 5.32 Å². The van der Waals surface area contributed by atoms with Gasteiger partial charge >= 0.3 is 0 Å². The summed E-state index contributed by atoms with van der Waals surface area (Å²) in [5.41, 5.74) is 0. The maximum absolute atomic E-state index is 12.7. The zero-order valence-electron chi connectivity index (χ0n) is 38.3. The van der Waals surface area contributed by atoms with Crippen LogP contribution in [0.3, 0.4) is 0 Å². The normalized spacial score (nSPS) is 13.8. The van der Waals surface area contributed by atoms with Crippen LogP contribution in [-0.2, 0) is 14.9 Å². The summed E-state index contributed by atoms with van der Waals surface area (Å²) in [5, 5.41) is 23.7. The number of hydrogen-bond acceptors (Lipinski definition) is 5. The van der Waals surface area contributed by atoms with Gasteiger partial charge in [0.15, 0.2) is 0 Å². The Labute approximate surface area is 360 Å². The number of allylic oxidation sites excluding steroid dienone is 4. The van der Waals surface area contributed by atoms with Crippen LogP contribution in [0.5, 0.6) is 0 Å².